The third-order valence-corrected chi connectivity index (χ3v) is 4.28. The molecular formula is C19H16FN3OS. The van der Waals surface area contributed by atoms with E-state index >= 15 is 0 Å². The van der Waals surface area contributed by atoms with Crippen molar-refractivity contribution in [3.05, 3.63) is 63.0 Å². The molecule has 2 aromatic rings. The van der Waals surface area contributed by atoms with Crippen molar-refractivity contribution in [2.24, 2.45) is 4.99 Å². The normalized spacial score (nSPS) is 13.4. The Balaban J connectivity index is 1.80. The number of aryl methyl sites for hydroxylation is 1. The lowest BCUT2D eigenvalue weighted by Gasteiger charge is -2.06. The van der Waals surface area contributed by atoms with Crippen molar-refractivity contribution in [2.45, 2.75) is 19.8 Å². The SMILES string of the molecule is Cc1nc(C#Cc2ccc(F)c(C(=O)NC3=CCCCN=C3)c2)cs1. The smallest absolute Gasteiger partial charge is 0.258 e. The highest BCUT2D eigenvalue weighted by Gasteiger charge is 2.13. The molecule has 0 bridgehead atoms. The Hall–Kier alpha value is -2.78. The van der Waals surface area contributed by atoms with E-state index in [4.69, 9.17) is 0 Å². The molecule has 126 valence electrons. The molecule has 6 heteroatoms. The Morgan fingerprint density at radius 1 is 1.36 bits per heavy atom. The molecule has 0 radical (unpaired) electrons. The van der Waals surface area contributed by atoms with E-state index in [0.29, 0.717) is 17.0 Å². The first-order chi connectivity index (χ1) is 12.1. The van der Waals surface area contributed by atoms with Gasteiger partial charge in [0.15, 0.2) is 0 Å². The molecule has 25 heavy (non-hydrogen) atoms. The maximum absolute atomic E-state index is 14.0. The van der Waals surface area contributed by atoms with Crippen molar-refractivity contribution in [1.82, 2.24) is 10.3 Å². The fraction of sp³-hybridized carbons (Fsp3) is 0.211. The lowest BCUT2D eigenvalue weighted by Crippen LogP contribution is -2.24. The van der Waals surface area contributed by atoms with Crippen molar-refractivity contribution in [3.8, 4) is 11.8 Å². The number of hydrogen-bond donors (Lipinski definition) is 1. The van der Waals surface area contributed by atoms with Gasteiger partial charge in [-0.05, 0) is 43.9 Å². The van der Waals surface area contributed by atoms with Crippen LogP contribution in [0.5, 0.6) is 0 Å². The monoisotopic (exact) mass is 353 g/mol. The summed E-state index contributed by atoms with van der Waals surface area (Å²) in [5.41, 5.74) is 1.77. The van der Waals surface area contributed by atoms with E-state index in [1.165, 1.54) is 23.5 Å². The predicted octanol–water partition coefficient (Wildman–Crippen LogP) is 3.47. The highest BCUT2D eigenvalue weighted by Crippen LogP contribution is 2.12. The Morgan fingerprint density at radius 2 is 2.24 bits per heavy atom. The second kappa shape index (κ2) is 7.86. The fourth-order valence-electron chi connectivity index (χ4n) is 2.27. The summed E-state index contributed by atoms with van der Waals surface area (Å²) in [6.07, 6.45) is 5.26. The number of aromatic nitrogens is 1. The molecule has 0 unspecified atom stereocenters. The Labute approximate surface area is 149 Å². The highest BCUT2D eigenvalue weighted by atomic mass is 32.1. The van der Waals surface area contributed by atoms with Crippen LogP contribution < -0.4 is 5.32 Å². The number of amides is 1. The number of nitrogens with one attached hydrogen (secondary N) is 1. The number of carbonyl (C=O) groups excluding carboxylic acids is 1. The maximum Gasteiger partial charge on any atom is 0.258 e. The quantitative estimate of drug-likeness (QED) is 0.841. The Kier molecular flexibility index (Phi) is 5.36. The molecule has 0 saturated heterocycles. The standard InChI is InChI=1S/C19H16FN3OS/c1-13-22-16(12-25-13)7-5-14-6-8-18(20)17(10-14)19(24)23-15-4-2-3-9-21-11-15/h4,6,8,10-12H,2-3,9H2,1H3,(H,23,24). The van der Waals surface area contributed by atoms with Gasteiger partial charge < -0.3 is 5.32 Å². The van der Waals surface area contributed by atoms with Crippen LogP contribution in [-0.4, -0.2) is 23.7 Å². The second-order valence-corrected chi connectivity index (χ2v) is 6.55. The molecule has 1 aromatic carbocycles. The number of thiazole rings is 1. The maximum atomic E-state index is 14.0. The zero-order valence-corrected chi connectivity index (χ0v) is 14.5. The number of hydrogen-bond acceptors (Lipinski definition) is 4. The van der Waals surface area contributed by atoms with Crippen LogP contribution in [0, 0.1) is 24.6 Å². The average Bonchev–Trinajstić information content (AvgIpc) is 2.85. The number of nitrogens with zero attached hydrogens (tertiary/aromatic N) is 2. The van der Waals surface area contributed by atoms with Gasteiger partial charge in [0.05, 0.1) is 16.3 Å². The van der Waals surface area contributed by atoms with Crippen molar-refractivity contribution in [2.75, 3.05) is 6.54 Å². The molecular weight excluding hydrogens is 337 g/mol. The minimum Gasteiger partial charge on any atom is -0.321 e. The first-order valence-corrected chi connectivity index (χ1v) is 8.75. The summed E-state index contributed by atoms with van der Waals surface area (Å²) in [6, 6.07) is 4.25. The van der Waals surface area contributed by atoms with Crippen LogP contribution in [0.3, 0.4) is 0 Å². The average molecular weight is 353 g/mol. The molecule has 2 heterocycles. The number of carbonyl (C=O) groups is 1. The van der Waals surface area contributed by atoms with Crippen LogP contribution in [0.2, 0.25) is 0 Å². The second-order valence-electron chi connectivity index (χ2n) is 5.49. The van der Waals surface area contributed by atoms with Gasteiger partial charge in [-0.3, -0.25) is 9.79 Å². The first-order valence-electron chi connectivity index (χ1n) is 7.87. The summed E-state index contributed by atoms with van der Waals surface area (Å²) in [5.74, 6) is 4.74. The van der Waals surface area contributed by atoms with Gasteiger partial charge in [-0.1, -0.05) is 12.0 Å². The molecule has 1 aliphatic heterocycles. The lowest BCUT2D eigenvalue weighted by atomic mass is 10.1. The fourth-order valence-corrected chi connectivity index (χ4v) is 2.82. The van der Waals surface area contributed by atoms with Gasteiger partial charge >= 0.3 is 0 Å². The van der Waals surface area contributed by atoms with Crippen molar-refractivity contribution in [3.63, 3.8) is 0 Å². The van der Waals surface area contributed by atoms with E-state index in [1.807, 2.05) is 18.4 Å². The summed E-state index contributed by atoms with van der Waals surface area (Å²) < 4.78 is 14.0. The summed E-state index contributed by atoms with van der Waals surface area (Å²) >= 11 is 1.51. The molecule has 0 aliphatic carbocycles. The summed E-state index contributed by atoms with van der Waals surface area (Å²) in [6.45, 7) is 2.63. The number of benzene rings is 1. The van der Waals surface area contributed by atoms with Gasteiger partial charge in [-0.2, -0.15) is 0 Å². The lowest BCUT2D eigenvalue weighted by molar-refractivity contribution is 0.0964. The molecule has 3 rings (SSSR count). The Morgan fingerprint density at radius 3 is 3.04 bits per heavy atom. The number of aliphatic imine (C=N–C) groups is 1. The van der Waals surface area contributed by atoms with Crippen molar-refractivity contribution < 1.29 is 9.18 Å². The summed E-state index contributed by atoms with van der Waals surface area (Å²) in [7, 11) is 0. The zero-order valence-electron chi connectivity index (χ0n) is 13.7. The minimum atomic E-state index is -0.585. The van der Waals surface area contributed by atoms with Crippen LogP contribution >= 0.6 is 11.3 Å². The largest absolute Gasteiger partial charge is 0.321 e. The summed E-state index contributed by atoms with van der Waals surface area (Å²) in [5, 5.41) is 5.49. The Bertz CT molecular complexity index is 918. The van der Waals surface area contributed by atoms with E-state index in [1.54, 1.807) is 12.3 Å². The van der Waals surface area contributed by atoms with Crippen LogP contribution in [0.15, 0.2) is 40.3 Å². The van der Waals surface area contributed by atoms with Gasteiger partial charge in [0.1, 0.15) is 11.5 Å². The predicted molar refractivity (Wildman–Crippen MR) is 97.4 cm³/mol. The van der Waals surface area contributed by atoms with Gasteiger partial charge in [0.25, 0.3) is 5.91 Å². The number of halogens is 1. The van der Waals surface area contributed by atoms with E-state index in [-0.39, 0.29) is 5.56 Å². The highest BCUT2D eigenvalue weighted by molar-refractivity contribution is 7.09. The summed E-state index contributed by atoms with van der Waals surface area (Å²) in [4.78, 5) is 20.8. The van der Waals surface area contributed by atoms with Crippen LogP contribution in [0.4, 0.5) is 4.39 Å². The van der Waals surface area contributed by atoms with Gasteiger partial charge in [0.2, 0.25) is 0 Å². The van der Waals surface area contributed by atoms with E-state index in [2.05, 4.69) is 27.1 Å². The van der Waals surface area contributed by atoms with Gasteiger partial charge in [-0.25, -0.2) is 9.37 Å². The third kappa shape index (κ3) is 4.61. The first kappa shape index (κ1) is 17.1. The van der Waals surface area contributed by atoms with Gasteiger partial charge in [0, 0.05) is 23.7 Å². The molecule has 1 aromatic heterocycles. The molecule has 0 fully saturated rings. The van der Waals surface area contributed by atoms with Crippen LogP contribution in [0.25, 0.3) is 0 Å². The molecule has 1 N–H and O–H groups in total. The van der Waals surface area contributed by atoms with E-state index in [9.17, 15) is 9.18 Å². The number of rotatable bonds is 2. The molecule has 1 amide bonds. The molecule has 0 saturated carbocycles. The van der Waals surface area contributed by atoms with Crippen LogP contribution in [0.1, 0.15) is 39.5 Å². The third-order valence-electron chi connectivity index (χ3n) is 3.51. The van der Waals surface area contributed by atoms with E-state index in [0.717, 1.165) is 24.4 Å². The topological polar surface area (TPSA) is 54.4 Å². The van der Waals surface area contributed by atoms with Crippen LogP contribution in [-0.2, 0) is 0 Å². The molecule has 4 nitrogen and oxygen atoms in total. The van der Waals surface area contributed by atoms with E-state index < -0.39 is 11.7 Å². The number of allylic oxidation sites excluding steroid dienone is 2. The van der Waals surface area contributed by atoms with Gasteiger partial charge in [-0.15, -0.1) is 11.3 Å². The molecule has 0 atom stereocenters. The zero-order chi connectivity index (χ0) is 17.6. The van der Waals surface area contributed by atoms with Crippen molar-refractivity contribution >= 4 is 23.5 Å². The molecule has 0 spiro atoms. The minimum absolute atomic E-state index is 0.0418. The van der Waals surface area contributed by atoms with Crippen molar-refractivity contribution in [1.29, 1.82) is 0 Å². The molecule has 1 aliphatic rings.